The first kappa shape index (κ1) is 8.50. The molecule has 0 atom stereocenters. The lowest BCUT2D eigenvalue weighted by atomic mass is 10.1. The minimum atomic E-state index is 0.616. The van der Waals surface area contributed by atoms with Gasteiger partial charge in [-0.25, -0.2) is 0 Å². The summed E-state index contributed by atoms with van der Waals surface area (Å²) in [5, 5.41) is 0. The molecule has 14 heavy (non-hydrogen) atoms. The lowest BCUT2D eigenvalue weighted by Gasteiger charge is -2.06. The average Bonchev–Trinajstić information content (AvgIpc) is 2.20. The maximum absolute atomic E-state index is 5.78. The maximum Gasteiger partial charge on any atom is 0.0581 e. The van der Waals surface area contributed by atoms with E-state index in [9.17, 15) is 0 Å². The molecule has 0 unspecified atom stereocenters. The molecule has 4 nitrogen and oxygen atoms in total. The molecule has 2 aromatic rings. The van der Waals surface area contributed by atoms with Gasteiger partial charge in [0.1, 0.15) is 0 Å². The van der Waals surface area contributed by atoms with Crippen LogP contribution in [0.15, 0.2) is 36.9 Å². The van der Waals surface area contributed by atoms with E-state index in [-0.39, 0.29) is 0 Å². The first-order chi connectivity index (χ1) is 6.79. The van der Waals surface area contributed by atoms with Crippen molar-refractivity contribution in [1.29, 1.82) is 0 Å². The molecular formula is C10H10N4. The molecule has 4 heteroatoms. The van der Waals surface area contributed by atoms with E-state index in [1.54, 1.807) is 24.8 Å². The van der Waals surface area contributed by atoms with Gasteiger partial charge in [-0.3, -0.25) is 9.97 Å². The number of anilines is 2. The molecule has 0 spiro atoms. The van der Waals surface area contributed by atoms with Crippen molar-refractivity contribution in [1.82, 2.24) is 9.97 Å². The molecule has 0 amide bonds. The van der Waals surface area contributed by atoms with Crippen LogP contribution in [0.2, 0.25) is 0 Å². The van der Waals surface area contributed by atoms with Crippen molar-refractivity contribution < 1.29 is 0 Å². The van der Waals surface area contributed by atoms with Gasteiger partial charge >= 0.3 is 0 Å². The third-order valence-electron chi connectivity index (χ3n) is 1.99. The summed E-state index contributed by atoms with van der Waals surface area (Å²) in [6.45, 7) is 0. The average molecular weight is 186 g/mol. The molecule has 2 heterocycles. The van der Waals surface area contributed by atoms with Gasteiger partial charge in [-0.2, -0.15) is 0 Å². The van der Waals surface area contributed by atoms with Crippen LogP contribution in [0.1, 0.15) is 0 Å². The predicted octanol–water partition coefficient (Wildman–Crippen LogP) is 1.31. The summed E-state index contributed by atoms with van der Waals surface area (Å²) in [6, 6.07) is 3.67. The second-order valence-electron chi connectivity index (χ2n) is 2.93. The van der Waals surface area contributed by atoms with Gasteiger partial charge in [0.15, 0.2) is 0 Å². The van der Waals surface area contributed by atoms with Crippen LogP contribution in [-0.4, -0.2) is 9.97 Å². The fourth-order valence-corrected chi connectivity index (χ4v) is 1.30. The highest BCUT2D eigenvalue weighted by Crippen LogP contribution is 2.28. The zero-order chi connectivity index (χ0) is 9.97. The minimum absolute atomic E-state index is 0.616. The number of nitrogen functional groups attached to an aromatic ring is 2. The van der Waals surface area contributed by atoms with Crippen LogP contribution in [0.25, 0.3) is 11.1 Å². The molecule has 0 aliphatic heterocycles. The molecule has 2 aromatic heterocycles. The molecule has 2 rings (SSSR count). The van der Waals surface area contributed by atoms with Crippen LogP contribution in [0.3, 0.4) is 0 Å². The van der Waals surface area contributed by atoms with E-state index in [1.165, 1.54) is 0 Å². The third-order valence-corrected chi connectivity index (χ3v) is 1.99. The zero-order valence-electron chi connectivity index (χ0n) is 7.51. The second-order valence-corrected chi connectivity index (χ2v) is 2.93. The number of aromatic nitrogens is 2. The number of pyridine rings is 2. The van der Waals surface area contributed by atoms with Crippen LogP contribution >= 0.6 is 0 Å². The summed E-state index contributed by atoms with van der Waals surface area (Å²) >= 11 is 0. The summed E-state index contributed by atoms with van der Waals surface area (Å²) in [5.74, 6) is 0. The van der Waals surface area contributed by atoms with E-state index in [2.05, 4.69) is 9.97 Å². The first-order valence-electron chi connectivity index (χ1n) is 4.18. The highest BCUT2D eigenvalue weighted by Gasteiger charge is 2.04. The second kappa shape index (κ2) is 3.33. The summed E-state index contributed by atoms with van der Waals surface area (Å²) in [6.07, 6.45) is 6.58. The van der Waals surface area contributed by atoms with E-state index in [1.807, 2.05) is 12.1 Å². The fraction of sp³-hybridized carbons (Fsp3) is 0. The van der Waals surface area contributed by atoms with Crippen molar-refractivity contribution in [2.24, 2.45) is 0 Å². The molecular weight excluding hydrogens is 176 g/mol. The Balaban J connectivity index is 2.61. The Bertz CT molecular complexity index is 410. The Kier molecular flexibility index (Phi) is 2.02. The number of hydrogen-bond donors (Lipinski definition) is 2. The van der Waals surface area contributed by atoms with E-state index >= 15 is 0 Å². The standard InChI is InChI=1S/C10H10N4/c11-9-5-13-3-1-7(9)8-2-4-14-6-10(8)12/h1-6H,11-12H2. The molecule has 0 fully saturated rings. The zero-order valence-corrected chi connectivity index (χ0v) is 7.51. The Morgan fingerprint density at radius 3 is 1.57 bits per heavy atom. The normalized spacial score (nSPS) is 10.0. The predicted molar refractivity (Wildman–Crippen MR) is 56.3 cm³/mol. The highest BCUT2D eigenvalue weighted by molar-refractivity contribution is 5.82. The van der Waals surface area contributed by atoms with E-state index < -0.39 is 0 Å². The summed E-state index contributed by atoms with van der Waals surface area (Å²) in [7, 11) is 0. The van der Waals surface area contributed by atoms with Gasteiger partial charge in [0.2, 0.25) is 0 Å². The summed E-state index contributed by atoms with van der Waals surface area (Å²) < 4.78 is 0. The summed E-state index contributed by atoms with van der Waals surface area (Å²) in [4.78, 5) is 7.84. The largest absolute Gasteiger partial charge is 0.397 e. The third kappa shape index (κ3) is 1.37. The van der Waals surface area contributed by atoms with Crippen molar-refractivity contribution in [3.8, 4) is 11.1 Å². The van der Waals surface area contributed by atoms with Gasteiger partial charge < -0.3 is 11.5 Å². The van der Waals surface area contributed by atoms with E-state index in [4.69, 9.17) is 11.5 Å². The van der Waals surface area contributed by atoms with Gasteiger partial charge in [0, 0.05) is 23.5 Å². The van der Waals surface area contributed by atoms with E-state index in [0.717, 1.165) is 11.1 Å². The van der Waals surface area contributed by atoms with E-state index in [0.29, 0.717) is 11.4 Å². The van der Waals surface area contributed by atoms with Crippen molar-refractivity contribution in [2.75, 3.05) is 11.5 Å². The molecule has 0 aromatic carbocycles. The number of nitrogens with two attached hydrogens (primary N) is 2. The minimum Gasteiger partial charge on any atom is -0.397 e. The maximum atomic E-state index is 5.78. The van der Waals surface area contributed by atoms with Crippen LogP contribution < -0.4 is 11.5 Å². The fourth-order valence-electron chi connectivity index (χ4n) is 1.30. The molecule has 0 aliphatic carbocycles. The molecule has 0 saturated heterocycles. The highest BCUT2D eigenvalue weighted by atomic mass is 14.7. The Morgan fingerprint density at radius 1 is 0.786 bits per heavy atom. The monoisotopic (exact) mass is 186 g/mol. The number of hydrogen-bond acceptors (Lipinski definition) is 4. The molecule has 4 N–H and O–H groups in total. The lowest BCUT2D eigenvalue weighted by Crippen LogP contribution is -1.95. The number of nitrogens with zero attached hydrogens (tertiary/aromatic N) is 2. The first-order valence-corrected chi connectivity index (χ1v) is 4.18. The number of rotatable bonds is 1. The van der Waals surface area contributed by atoms with Crippen molar-refractivity contribution in [3.05, 3.63) is 36.9 Å². The molecule has 70 valence electrons. The SMILES string of the molecule is Nc1cnccc1-c1ccncc1N. The van der Waals surface area contributed by atoms with Crippen molar-refractivity contribution >= 4 is 11.4 Å². The van der Waals surface area contributed by atoms with Gasteiger partial charge in [-0.1, -0.05) is 0 Å². The summed E-state index contributed by atoms with van der Waals surface area (Å²) in [5.41, 5.74) is 14.6. The van der Waals surface area contributed by atoms with Crippen molar-refractivity contribution in [2.45, 2.75) is 0 Å². The van der Waals surface area contributed by atoms with Crippen molar-refractivity contribution in [3.63, 3.8) is 0 Å². The van der Waals surface area contributed by atoms with Crippen LogP contribution in [0.4, 0.5) is 11.4 Å². The molecule has 0 saturated carbocycles. The van der Waals surface area contributed by atoms with Crippen LogP contribution in [0.5, 0.6) is 0 Å². The van der Waals surface area contributed by atoms with Gasteiger partial charge in [-0.05, 0) is 12.1 Å². The smallest absolute Gasteiger partial charge is 0.0581 e. The van der Waals surface area contributed by atoms with Gasteiger partial charge in [-0.15, -0.1) is 0 Å². The Morgan fingerprint density at radius 2 is 1.21 bits per heavy atom. The lowest BCUT2D eigenvalue weighted by molar-refractivity contribution is 1.31. The molecule has 0 aliphatic rings. The Hall–Kier alpha value is -2.10. The van der Waals surface area contributed by atoms with Crippen LogP contribution in [0, 0.1) is 0 Å². The topological polar surface area (TPSA) is 77.8 Å². The van der Waals surface area contributed by atoms with Crippen LogP contribution in [-0.2, 0) is 0 Å². The molecule has 0 bridgehead atoms. The van der Waals surface area contributed by atoms with Gasteiger partial charge in [0.05, 0.1) is 23.8 Å². The quantitative estimate of drug-likeness (QED) is 0.703. The Labute approximate surface area is 81.6 Å². The molecule has 0 radical (unpaired) electrons. The van der Waals surface area contributed by atoms with Gasteiger partial charge in [0.25, 0.3) is 0 Å².